The van der Waals surface area contributed by atoms with Gasteiger partial charge in [-0.05, 0) is 18.2 Å². The van der Waals surface area contributed by atoms with E-state index in [4.69, 9.17) is 4.74 Å². The van der Waals surface area contributed by atoms with E-state index in [0.717, 1.165) is 10.2 Å². The van der Waals surface area contributed by atoms with Crippen molar-refractivity contribution in [2.45, 2.75) is 12.6 Å². The SMILES string of the molecule is FC(F)(F)CCOCCNc1cccc(Br)c1. The third kappa shape index (κ3) is 7.23. The van der Waals surface area contributed by atoms with Gasteiger partial charge in [0.2, 0.25) is 0 Å². The first kappa shape index (κ1) is 14.3. The Balaban J connectivity index is 2.09. The van der Waals surface area contributed by atoms with Crippen molar-refractivity contribution in [2.24, 2.45) is 0 Å². The molecular formula is C11H13BrF3NO. The van der Waals surface area contributed by atoms with Gasteiger partial charge in [-0.1, -0.05) is 22.0 Å². The van der Waals surface area contributed by atoms with Crippen LogP contribution in [0.25, 0.3) is 0 Å². The number of halogens is 4. The number of benzene rings is 1. The van der Waals surface area contributed by atoms with Crippen LogP contribution < -0.4 is 5.32 Å². The van der Waals surface area contributed by atoms with Gasteiger partial charge >= 0.3 is 6.18 Å². The van der Waals surface area contributed by atoms with Crippen molar-refractivity contribution in [1.82, 2.24) is 0 Å². The second-order valence-corrected chi connectivity index (χ2v) is 4.33. The molecule has 1 aromatic rings. The van der Waals surface area contributed by atoms with Gasteiger partial charge in [-0.15, -0.1) is 0 Å². The van der Waals surface area contributed by atoms with Crippen molar-refractivity contribution in [2.75, 3.05) is 25.1 Å². The summed E-state index contributed by atoms with van der Waals surface area (Å²) < 4.78 is 41.1. The monoisotopic (exact) mass is 311 g/mol. The number of hydrogen-bond donors (Lipinski definition) is 1. The molecule has 1 aromatic carbocycles. The molecule has 0 saturated heterocycles. The van der Waals surface area contributed by atoms with Crippen LogP contribution in [-0.4, -0.2) is 25.9 Å². The first-order valence-corrected chi connectivity index (χ1v) is 5.90. The number of ether oxygens (including phenoxy) is 1. The molecule has 0 aromatic heterocycles. The normalized spacial score (nSPS) is 11.5. The molecule has 0 heterocycles. The molecule has 2 nitrogen and oxygen atoms in total. The average Bonchev–Trinajstić information content (AvgIpc) is 2.22. The fraction of sp³-hybridized carbons (Fsp3) is 0.455. The lowest BCUT2D eigenvalue weighted by Crippen LogP contribution is -2.15. The smallest absolute Gasteiger partial charge is 0.383 e. The fourth-order valence-corrected chi connectivity index (χ4v) is 1.56. The third-order valence-corrected chi connectivity index (χ3v) is 2.42. The summed E-state index contributed by atoms with van der Waals surface area (Å²) in [5.41, 5.74) is 0.902. The maximum Gasteiger partial charge on any atom is 0.391 e. The average molecular weight is 312 g/mol. The van der Waals surface area contributed by atoms with Crippen LogP contribution in [0, 0.1) is 0 Å². The zero-order valence-electron chi connectivity index (χ0n) is 9.06. The van der Waals surface area contributed by atoms with Crippen LogP contribution in [0.1, 0.15) is 6.42 Å². The maximum atomic E-state index is 11.8. The van der Waals surface area contributed by atoms with E-state index < -0.39 is 12.6 Å². The van der Waals surface area contributed by atoms with Crippen LogP contribution in [-0.2, 0) is 4.74 Å². The molecule has 1 rings (SSSR count). The Kier molecular flexibility index (Phi) is 5.77. The van der Waals surface area contributed by atoms with Gasteiger partial charge in [-0.3, -0.25) is 0 Å². The highest BCUT2D eigenvalue weighted by Crippen LogP contribution is 2.19. The molecule has 0 atom stereocenters. The summed E-state index contributed by atoms with van der Waals surface area (Å²) in [5.74, 6) is 0. The molecule has 0 unspecified atom stereocenters. The molecule has 6 heteroatoms. The Hall–Kier alpha value is -0.750. The predicted molar refractivity (Wildman–Crippen MR) is 64.1 cm³/mol. The van der Waals surface area contributed by atoms with Crippen molar-refractivity contribution >= 4 is 21.6 Å². The van der Waals surface area contributed by atoms with Crippen LogP contribution in [0.3, 0.4) is 0 Å². The standard InChI is InChI=1S/C11H13BrF3NO/c12-9-2-1-3-10(8-9)16-5-7-17-6-4-11(13,14)15/h1-3,8,16H,4-7H2. The summed E-state index contributed by atoms with van der Waals surface area (Å²) in [6.45, 7) is 0.445. The van der Waals surface area contributed by atoms with E-state index in [0.29, 0.717) is 6.54 Å². The molecule has 0 spiro atoms. The molecule has 0 amide bonds. The summed E-state index contributed by atoms with van der Waals surface area (Å²) in [6, 6.07) is 7.53. The number of hydrogen-bond acceptors (Lipinski definition) is 2. The minimum atomic E-state index is -4.14. The molecule has 0 aliphatic heterocycles. The summed E-state index contributed by atoms with van der Waals surface area (Å²) in [5, 5.41) is 3.05. The highest BCUT2D eigenvalue weighted by molar-refractivity contribution is 9.10. The summed E-state index contributed by atoms with van der Waals surface area (Å²) in [4.78, 5) is 0. The fourth-order valence-electron chi connectivity index (χ4n) is 1.16. The molecule has 96 valence electrons. The molecule has 0 radical (unpaired) electrons. The predicted octanol–water partition coefficient (Wildman–Crippen LogP) is 3.83. The van der Waals surface area contributed by atoms with Gasteiger partial charge in [0.15, 0.2) is 0 Å². The van der Waals surface area contributed by atoms with Crippen molar-refractivity contribution < 1.29 is 17.9 Å². The zero-order valence-corrected chi connectivity index (χ0v) is 10.6. The second kappa shape index (κ2) is 6.86. The highest BCUT2D eigenvalue weighted by atomic mass is 79.9. The van der Waals surface area contributed by atoms with E-state index >= 15 is 0 Å². The quantitative estimate of drug-likeness (QED) is 0.806. The molecule has 0 aliphatic rings. The molecule has 0 saturated carbocycles. The van der Waals surface area contributed by atoms with Gasteiger partial charge in [-0.25, -0.2) is 0 Å². The van der Waals surface area contributed by atoms with E-state index in [9.17, 15) is 13.2 Å². The lowest BCUT2D eigenvalue weighted by molar-refractivity contribution is -0.144. The van der Waals surface area contributed by atoms with E-state index in [1.54, 1.807) is 0 Å². The third-order valence-electron chi connectivity index (χ3n) is 1.93. The van der Waals surface area contributed by atoms with E-state index in [1.165, 1.54) is 0 Å². The minimum Gasteiger partial charge on any atom is -0.383 e. The highest BCUT2D eigenvalue weighted by Gasteiger charge is 2.26. The van der Waals surface area contributed by atoms with Crippen molar-refractivity contribution in [3.63, 3.8) is 0 Å². The van der Waals surface area contributed by atoms with E-state index in [2.05, 4.69) is 21.2 Å². The topological polar surface area (TPSA) is 21.3 Å². The largest absolute Gasteiger partial charge is 0.391 e. The molecule has 0 fully saturated rings. The van der Waals surface area contributed by atoms with Gasteiger partial charge in [0.25, 0.3) is 0 Å². The summed E-state index contributed by atoms with van der Waals surface area (Å²) in [6.07, 6.45) is -5.04. The number of rotatable bonds is 6. The van der Waals surface area contributed by atoms with Gasteiger partial charge in [0.05, 0.1) is 19.6 Å². The lowest BCUT2D eigenvalue weighted by Gasteiger charge is -2.09. The summed E-state index contributed by atoms with van der Waals surface area (Å²) in [7, 11) is 0. The Morgan fingerprint density at radius 2 is 2.00 bits per heavy atom. The molecule has 0 aliphatic carbocycles. The Morgan fingerprint density at radius 3 is 2.65 bits per heavy atom. The van der Waals surface area contributed by atoms with Crippen LogP contribution in [0.5, 0.6) is 0 Å². The van der Waals surface area contributed by atoms with Crippen LogP contribution >= 0.6 is 15.9 Å². The van der Waals surface area contributed by atoms with Gasteiger partial charge in [-0.2, -0.15) is 13.2 Å². The zero-order chi connectivity index (χ0) is 12.7. The van der Waals surface area contributed by atoms with Crippen LogP contribution in [0.4, 0.5) is 18.9 Å². The number of anilines is 1. The van der Waals surface area contributed by atoms with Gasteiger partial charge < -0.3 is 10.1 Å². The van der Waals surface area contributed by atoms with Crippen molar-refractivity contribution in [3.8, 4) is 0 Å². The Morgan fingerprint density at radius 1 is 1.24 bits per heavy atom. The molecule has 0 bridgehead atoms. The lowest BCUT2D eigenvalue weighted by atomic mass is 10.3. The van der Waals surface area contributed by atoms with Crippen molar-refractivity contribution in [3.05, 3.63) is 28.7 Å². The number of nitrogens with one attached hydrogen (secondary N) is 1. The second-order valence-electron chi connectivity index (χ2n) is 3.41. The van der Waals surface area contributed by atoms with E-state index in [-0.39, 0.29) is 13.2 Å². The van der Waals surface area contributed by atoms with Crippen LogP contribution in [0.2, 0.25) is 0 Å². The molecular weight excluding hydrogens is 299 g/mol. The number of alkyl halides is 3. The molecule has 17 heavy (non-hydrogen) atoms. The first-order valence-electron chi connectivity index (χ1n) is 5.11. The summed E-state index contributed by atoms with van der Waals surface area (Å²) >= 11 is 3.32. The van der Waals surface area contributed by atoms with Crippen LogP contribution in [0.15, 0.2) is 28.7 Å². The maximum absolute atomic E-state index is 11.8. The first-order chi connectivity index (χ1) is 7.97. The van der Waals surface area contributed by atoms with Gasteiger partial charge in [0, 0.05) is 16.7 Å². The van der Waals surface area contributed by atoms with E-state index in [1.807, 2.05) is 24.3 Å². The Labute approximate surface area is 106 Å². The Bertz CT molecular complexity index is 344. The molecule has 1 N–H and O–H groups in total. The minimum absolute atomic E-state index is 0.253. The van der Waals surface area contributed by atoms with Crippen molar-refractivity contribution in [1.29, 1.82) is 0 Å². The van der Waals surface area contributed by atoms with Gasteiger partial charge in [0.1, 0.15) is 0 Å².